The SMILES string of the molecule is CC(O)COC(C)CO.CCCC.OCCO. The molecule has 0 spiro atoms. The van der Waals surface area contributed by atoms with E-state index in [0.29, 0.717) is 6.61 Å². The number of unbranched alkanes of at least 4 members (excludes halogenated alkanes) is 1. The van der Waals surface area contributed by atoms with Gasteiger partial charge in [-0.05, 0) is 13.8 Å². The van der Waals surface area contributed by atoms with Crippen LogP contribution in [0.4, 0.5) is 0 Å². The lowest BCUT2D eigenvalue weighted by Crippen LogP contribution is -2.19. The zero-order valence-corrected chi connectivity index (χ0v) is 11.6. The van der Waals surface area contributed by atoms with E-state index in [-0.39, 0.29) is 25.9 Å². The highest BCUT2D eigenvalue weighted by Gasteiger charge is 2.00. The minimum atomic E-state index is -0.445. The molecule has 0 heterocycles. The van der Waals surface area contributed by atoms with Gasteiger partial charge in [0.05, 0.1) is 38.6 Å². The molecular weight excluding hydrogens is 224 g/mol. The predicted molar refractivity (Wildman–Crippen MR) is 68.9 cm³/mol. The van der Waals surface area contributed by atoms with Crippen molar-refractivity contribution in [1.82, 2.24) is 0 Å². The van der Waals surface area contributed by atoms with Gasteiger partial charge in [0.25, 0.3) is 0 Å². The molecule has 17 heavy (non-hydrogen) atoms. The number of rotatable bonds is 6. The van der Waals surface area contributed by atoms with Crippen LogP contribution in [0.15, 0.2) is 0 Å². The predicted octanol–water partition coefficient (Wildman–Crippen LogP) is 0.542. The van der Waals surface area contributed by atoms with Crippen molar-refractivity contribution in [2.75, 3.05) is 26.4 Å². The zero-order valence-electron chi connectivity index (χ0n) is 11.6. The van der Waals surface area contributed by atoms with Crippen molar-refractivity contribution in [2.24, 2.45) is 0 Å². The summed E-state index contributed by atoms with van der Waals surface area (Å²) in [5.41, 5.74) is 0. The summed E-state index contributed by atoms with van der Waals surface area (Å²) in [4.78, 5) is 0. The van der Waals surface area contributed by atoms with E-state index in [9.17, 15) is 0 Å². The Bertz CT molecular complexity index is 101. The van der Waals surface area contributed by atoms with Crippen molar-refractivity contribution in [2.45, 2.75) is 52.7 Å². The smallest absolute Gasteiger partial charge is 0.0779 e. The monoisotopic (exact) mass is 254 g/mol. The van der Waals surface area contributed by atoms with Crippen molar-refractivity contribution >= 4 is 0 Å². The fraction of sp³-hybridized carbons (Fsp3) is 1.00. The first-order valence-electron chi connectivity index (χ1n) is 6.12. The van der Waals surface area contributed by atoms with E-state index in [2.05, 4.69) is 13.8 Å². The van der Waals surface area contributed by atoms with E-state index in [1.807, 2.05) is 0 Å². The van der Waals surface area contributed by atoms with Gasteiger partial charge in [0, 0.05) is 0 Å². The molecule has 0 saturated carbocycles. The van der Waals surface area contributed by atoms with Crippen LogP contribution in [0.2, 0.25) is 0 Å². The Balaban J connectivity index is -0.000000205. The van der Waals surface area contributed by atoms with E-state index in [1.165, 1.54) is 12.8 Å². The van der Waals surface area contributed by atoms with Crippen LogP contribution in [-0.2, 0) is 4.74 Å². The summed E-state index contributed by atoms with van der Waals surface area (Å²) in [7, 11) is 0. The second-order valence-corrected chi connectivity index (χ2v) is 3.62. The van der Waals surface area contributed by atoms with E-state index in [1.54, 1.807) is 13.8 Å². The van der Waals surface area contributed by atoms with Gasteiger partial charge >= 0.3 is 0 Å². The summed E-state index contributed by atoms with van der Waals surface area (Å²) in [6.45, 7) is 7.81. The fourth-order valence-electron chi connectivity index (χ4n) is 0.356. The molecule has 5 heteroatoms. The van der Waals surface area contributed by atoms with Gasteiger partial charge in [-0.15, -0.1) is 0 Å². The topological polar surface area (TPSA) is 90.2 Å². The molecular formula is C12H30O5. The largest absolute Gasteiger partial charge is 0.394 e. The maximum absolute atomic E-state index is 8.69. The fourth-order valence-corrected chi connectivity index (χ4v) is 0.356. The lowest BCUT2D eigenvalue weighted by Gasteiger charge is -2.10. The molecule has 4 N–H and O–H groups in total. The Hall–Kier alpha value is -0.200. The van der Waals surface area contributed by atoms with Crippen LogP contribution in [0, 0.1) is 0 Å². The lowest BCUT2D eigenvalue weighted by atomic mass is 10.4. The number of hydrogen-bond acceptors (Lipinski definition) is 5. The van der Waals surface area contributed by atoms with Gasteiger partial charge in [-0.25, -0.2) is 0 Å². The maximum atomic E-state index is 8.69. The minimum absolute atomic E-state index is 0.00667. The van der Waals surface area contributed by atoms with Crippen molar-refractivity contribution in [3.63, 3.8) is 0 Å². The number of ether oxygens (including phenoxy) is 1. The average molecular weight is 254 g/mol. The molecule has 0 fully saturated rings. The molecule has 108 valence electrons. The highest BCUT2D eigenvalue weighted by atomic mass is 16.5. The minimum Gasteiger partial charge on any atom is -0.394 e. The molecule has 0 radical (unpaired) electrons. The van der Waals surface area contributed by atoms with Crippen LogP contribution in [-0.4, -0.2) is 59.1 Å². The van der Waals surface area contributed by atoms with Crippen molar-refractivity contribution in [3.8, 4) is 0 Å². The Morgan fingerprint density at radius 3 is 1.53 bits per heavy atom. The Morgan fingerprint density at radius 1 is 0.941 bits per heavy atom. The first-order chi connectivity index (χ1) is 7.99. The molecule has 0 aromatic heterocycles. The average Bonchev–Trinajstić information content (AvgIpc) is 2.36. The Kier molecular flexibility index (Phi) is 27.4. The van der Waals surface area contributed by atoms with Crippen LogP contribution in [0.1, 0.15) is 40.5 Å². The highest BCUT2D eigenvalue weighted by Crippen LogP contribution is 1.90. The summed E-state index contributed by atoms with van der Waals surface area (Å²) in [5.74, 6) is 0. The summed E-state index contributed by atoms with van der Waals surface area (Å²) >= 11 is 0. The highest BCUT2D eigenvalue weighted by molar-refractivity contribution is 4.47. The van der Waals surface area contributed by atoms with Crippen molar-refractivity contribution in [1.29, 1.82) is 0 Å². The molecule has 2 atom stereocenters. The third kappa shape index (κ3) is 38.9. The Labute approximate surface area is 105 Å². The van der Waals surface area contributed by atoms with Crippen LogP contribution in [0.3, 0.4) is 0 Å². The molecule has 0 aromatic rings. The molecule has 0 amide bonds. The van der Waals surface area contributed by atoms with E-state index < -0.39 is 6.10 Å². The molecule has 0 aliphatic heterocycles. The third-order valence-corrected chi connectivity index (χ3v) is 1.48. The van der Waals surface area contributed by atoms with Gasteiger partial charge in [0.2, 0.25) is 0 Å². The van der Waals surface area contributed by atoms with E-state index >= 15 is 0 Å². The number of hydrogen-bond donors (Lipinski definition) is 4. The van der Waals surface area contributed by atoms with Crippen LogP contribution in [0.5, 0.6) is 0 Å². The second-order valence-electron chi connectivity index (χ2n) is 3.62. The molecule has 0 aromatic carbocycles. The normalized spacial score (nSPS) is 12.7. The Morgan fingerprint density at radius 2 is 1.35 bits per heavy atom. The summed E-state index contributed by atoms with van der Waals surface area (Å²) in [6.07, 6.45) is 2.03. The quantitative estimate of drug-likeness (QED) is 0.555. The van der Waals surface area contributed by atoms with Gasteiger partial charge < -0.3 is 25.2 Å². The zero-order chi connectivity index (χ0) is 14.1. The van der Waals surface area contributed by atoms with Gasteiger partial charge in [-0.3, -0.25) is 0 Å². The molecule has 0 aliphatic rings. The lowest BCUT2D eigenvalue weighted by molar-refractivity contribution is -0.0177. The van der Waals surface area contributed by atoms with Crippen molar-refractivity contribution < 1.29 is 25.2 Å². The van der Waals surface area contributed by atoms with Gasteiger partial charge in [-0.2, -0.15) is 0 Å². The molecule has 0 saturated heterocycles. The second kappa shape index (κ2) is 21.1. The van der Waals surface area contributed by atoms with E-state index in [4.69, 9.17) is 25.2 Å². The molecule has 0 bridgehead atoms. The first-order valence-corrected chi connectivity index (χ1v) is 6.12. The summed E-state index contributed by atoms with van der Waals surface area (Å²) < 4.78 is 4.95. The van der Waals surface area contributed by atoms with Crippen molar-refractivity contribution in [3.05, 3.63) is 0 Å². The van der Waals surface area contributed by atoms with Crippen LogP contribution in [0.25, 0.3) is 0 Å². The molecule has 0 rings (SSSR count). The van der Waals surface area contributed by atoms with E-state index in [0.717, 1.165) is 0 Å². The maximum Gasteiger partial charge on any atom is 0.0779 e. The molecule has 5 nitrogen and oxygen atoms in total. The van der Waals surface area contributed by atoms with Crippen LogP contribution < -0.4 is 0 Å². The third-order valence-electron chi connectivity index (χ3n) is 1.48. The van der Waals surface area contributed by atoms with Gasteiger partial charge in [-0.1, -0.05) is 26.7 Å². The standard InChI is InChI=1S/C6H14O3.C4H10.C2H6O2/c1-5(8)4-9-6(2)3-7;1-3-4-2;3-1-2-4/h5-8H,3-4H2,1-2H3;3-4H2,1-2H3;3-4H,1-2H2. The van der Waals surface area contributed by atoms with Gasteiger partial charge in [0.15, 0.2) is 0 Å². The van der Waals surface area contributed by atoms with Crippen LogP contribution >= 0.6 is 0 Å². The first kappa shape index (κ1) is 22.0. The number of aliphatic hydroxyl groups is 4. The molecule has 2 unspecified atom stereocenters. The summed E-state index contributed by atoms with van der Waals surface area (Å²) in [6, 6.07) is 0. The summed E-state index contributed by atoms with van der Waals surface area (Å²) in [5, 5.41) is 32.4. The molecule has 0 aliphatic carbocycles. The van der Waals surface area contributed by atoms with Gasteiger partial charge in [0.1, 0.15) is 0 Å². The number of aliphatic hydroxyl groups excluding tert-OH is 4.